The molecule has 0 fully saturated rings. The van der Waals surface area contributed by atoms with Gasteiger partial charge in [-0.25, -0.2) is 4.98 Å². The molecule has 1 N–H and O–H groups in total. The number of methoxy groups -OCH3 is 1. The lowest BCUT2D eigenvalue weighted by Gasteiger charge is -2.26. The van der Waals surface area contributed by atoms with Crippen molar-refractivity contribution in [3.05, 3.63) is 47.8 Å². The molecule has 3 rings (SSSR count). The molecule has 1 heterocycles. The first-order valence-electron chi connectivity index (χ1n) is 7.20. The number of aryl methyl sites for hydroxylation is 1. The number of rotatable bonds is 5. The van der Waals surface area contributed by atoms with Gasteiger partial charge in [-0.15, -0.1) is 0 Å². The van der Waals surface area contributed by atoms with Gasteiger partial charge in [0.2, 0.25) is 5.95 Å². The Bertz CT molecular complexity index is 564. The normalized spacial score (nSPS) is 17.8. The van der Waals surface area contributed by atoms with Crippen molar-refractivity contribution in [3.63, 3.8) is 0 Å². The molecule has 1 aromatic heterocycles. The minimum atomic E-state index is 0.466. The van der Waals surface area contributed by atoms with Crippen LogP contribution >= 0.6 is 0 Å². The molecule has 20 heavy (non-hydrogen) atoms. The van der Waals surface area contributed by atoms with Gasteiger partial charge in [0.1, 0.15) is 0 Å². The van der Waals surface area contributed by atoms with Crippen LogP contribution < -0.4 is 5.32 Å². The molecule has 0 aliphatic heterocycles. The fourth-order valence-electron chi connectivity index (χ4n) is 2.82. The lowest BCUT2D eigenvalue weighted by atomic mass is 9.88. The summed E-state index contributed by atoms with van der Waals surface area (Å²) < 4.78 is 7.25. The Hall–Kier alpha value is -1.81. The monoisotopic (exact) mass is 271 g/mol. The highest BCUT2D eigenvalue weighted by molar-refractivity contribution is 5.35. The van der Waals surface area contributed by atoms with Gasteiger partial charge in [-0.05, 0) is 30.4 Å². The molecule has 0 saturated carbocycles. The topological polar surface area (TPSA) is 39.1 Å². The van der Waals surface area contributed by atoms with Crippen molar-refractivity contribution in [2.75, 3.05) is 19.0 Å². The number of anilines is 1. The van der Waals surface area contributed by atoms with E-state index in [1.165, 1.54) is 11.1 Å². The van der Waals surface area contributed by atoms with Gasteiger partial charge >= 0.3 is 0 Å². The average molecular weight is 271 g/mol. The quantitative estimate of drug-likeness (QED) is 0.908. The van der Waals surface area contributed by atoms with E-state index in [1.807, 2.05) is 12.4 Å². The highest BCUT2D eigenvalue weighted by Gasteiger charge is 2.19. The second-order valence-corrected chi connectivity index (χ2v) is 5.29. The fraction of sp³-hybridized carbons (Fsp3) is 0.438. The van der Waals surface area contributed by atoms with E-state index in [0.29, 0.717) is 12.6 Å². The van der Waals surface area contributed by atoms with Gasteiger partial charge in [-0.3, -0.25) is 0 Å². The summed E-state index contributed by atoms with van der Waals surface area (Å²) >= 11 is 0. The summed E-state index contributed by atoms with van der Waals surface area (Å²) in [4.78, 5) is 4.42. The van der Waals surface area contributed by atoms with E-state index in [0.717, 1.165) is 31.8 Å². The van der Waals surface area contributed by atoms with E-state index in [2.05, 4.69) is 39.1 Å². The number of nitrogens with one attached hydrogen (secondary N) is 1. The molecule has 4 nitrogen and oxygen atoms in total. The molecule has 1 aliphatic carbocycles. The Morgan fingerprint density at radius 1 is 1.35 bits per heavy atom. The number of benzene rings is 1. The third-order valence-corrected chi connectivity index (χ3v) is 3.93. The molecule has 0 spiro atoms. The zero-order valence-electron chi connectivity index (χ0n) is 11.9. The molecule has 1 unspecified atom stereocenters. The van der Waals surface area contributed by atoms with Crippen LogP contribution in [-0.4, -0.2) is 29.3 Å². The van der Waals surface area contributed by atoms with E-state index < -0.39 is 0 Å². The maximum atomic E-state index is 5.13. The van der Waals surface area contributed by atoms with Crippen LogP contribution in [0, 0.1) is 0 Å². The summed E-state index contributed by atoms with van der Waals surface area (Å²) in [6.07, 6.45) is 7.22. The van der Waals surface area contributed by atoms with Crippen molar-refractivity contribution in [2.45, 2.75) is 31.8 Å². The van der Waals surface area contributed by atoms with Crippen molar-refractivity contribution in [1.82, 2.24) is 9.55 Å². The average Bonchev–Trinajstić information content (AvgIpc) is 2.92. The minimum absolute atomic E-state index is 0.466. The Morgan fingerprint density at radius 3 is 3.05 bits per heavy atom. The molecule has 1 atom stereocenters. The van der Waals surface area contributed by atoms with Gasteiger partial charge in [-0.2, -0.15) is 0 Å². The van der Waals surface area contributed by atoms with E-state index in [-0.39, 0.29) is 0 Å². The molecule has 0 radical (unpaired) electrons. The highest BCUT2D eigenvalue weighted by Crippen LogP contribution is 2.23. The van der Waals surface area contributed by atoms with Crippen LogP contribution in [-0.2, 0) is 24.1 Å². The predicted molar refractivity (Wildman–Crippen MR) is 80.0 cm³/mol. The first kappa shape index (κ1) is 13.2. The smallest absolute Gasteiger partial charge is 0.203 e. The summed E-state index contributed by atoms with van der Waals surface area (Å²) in [5.74, 6) is 0.950. The summed E-state index contributed by atoms with van der Waals surface area (Å²) in [6, 6.07) is 9.20. The first-order chi connectivity index (χ1) is 9.86. The lowest BCUT2D eigenvalue weighted by Crippen LogP contribution is -2.29. The number of imidazole rings is 1. The SMILES string of the molecule is COCCn1ccnc1NC1CCc2ccccc2C1. The van der Waals surface area contributed by atoms with Crippen molar-refractivity contribution < 1.29 is 4.74 Å². The standard InChI is InChI=1S/C16H21N3O/c1-20-11-10-19-9-8-17-16(19)18-15-7-6-13-4-2-3-5-14(13)12-15/h2-5,8-9,15H,6-7,10-12H2,1H3,(H,17,18). The Labute approximate surface area is 119 Å². The number of hydrogen-bond donors (Lipinski definition) is 1. The number of hydrogen-bond acceptors (Lipinski definition) is 3. The summed E-state index contributed by atoms with van der Waals surface area (Å²) in [6.45, 7) is 1.54. The zero-order valence-corrected chi connectivity index (χ0v) is 11.9. The molecule has 106 valence electrons. The third kappa shape index (κ3) is 2.85. The molecule has 0 saturated heterocycles. The molecule has 0 amide bonds. The van der Waals surface area contributed by atoms with Gasteiger partial charge in [0.25, 0.3) is 0 Å². The Morgan fingerprint density at radius 2 is 2.20 bits per heavy atom. The number of ether oxygens (including phenoxy) is 1. The first-order valence-corrected chi connectivity index (χ1v) is 7.20. The number of aromatic nitrogens is 2. The van der Waals surface area contributed by atoms with Crippen molar-refractivity contribution in [3.8, 4) is 0 Å². The van der Waals surface area contributed by atoms with E-state index >= 15 is 0 Å². The second-order valence-electron chi connectivity index (χ2n) is 5.29. The van der Waals surface area contributed by atoms with Crippen LogP contribution in [0.5, 0.6) is 0 Å². The summed E-state index contributed by atoms with van der Waals surface area (Å²) in [7, 11) is 1.72. The van der Waals surface area contributed by atoms with E-state index in [9.17, 15) is 0 Å². The zero-order chi connectivity index (χ0) is 13.8. The molecule has 4 heteroatoms. The van der Waals surface area contributed by atoms with Gasteiger partial charge < -0.3 is 14.6 Å². The van der Waals surface area contributed by atoms with Crippen LogP contribution in [0.1, 0.15) is 17.5 Å². The molecule has 1 aliphatic rings. The van der Waals surface area contributed by atoms with Crippen LogP contribution in [0.2, 0.25) is 0 Å². The van der Waals surface area contributed by atoms with Crippen molar-refractivity contribution >= 4 is 5.95 Å². The predicted octanol–water partition coefficient (Wildman–Crippen LogP) is 2.50. The van der Waals surface area contributed by atoms with Gasteiger partial charge in [-0.1, -0.05) is 24.3 Å². The summed E-state index contributed by atoms with van der Waals surface area (Å²) in [5.41, 5.74) is 2.96. The van der Waals surface area contributed by atoms with E-state index in [1.54, 1.807) is 7.11 Å². The van der Waals surface area contributed by atoms with Crippen LogP contribution in [0.3, 0.4) is 0 Å². The Balaban J connectivity index is 1.66. The number of fused-ring (bicyclic) bond motifs is 1. The third-order valence-electron chi connectivity index (χ3n) is 3.93. The molecular formula is C16H21N3O. The van der Waals surface area contributed by atoms with Gasteiger partial charge in [0, 0.05) is 32.1 Å². The van der Waals surface area contributed by atoms with Gasteiger partial charge in [0.05, 0.1) is 6.61 Å². The van der Waals surface area contributed by atoms with Crippen molar-refractivity contribution in [2.24, 2.45) is 0 Å². The molecule has 2 aromatic rings. The van der Waals surface area contributed by atoms with E-state index in [4.69, 9.17) is 4.74 Å². The fourth-order valence-corrected chi connectivity index (χ4v) is 2.82. The second kappa shape index (κ2) is 6.09. The molecule has 0 bridgehead atoms. The minimum Gasteiger partial charge on any atom is -0.383 e. The highest BCUT2D eigenvalue weighted by atomic mass is 16.5. The van der Waals surface area contributed by atoms with Gasteiger partial charge in [0.15, 0.2) is 0 Å². The maximum absolute atomic E-state index is 5.13. The molecular weight excluding hydrogens is 250 g/mol. The number of nitrogens with zero attached hydrogens (tertiary/aromatic N) is 2. The van der Waals surface area contributed by atoms with Crippen LogP contribution in [0.15, 0.2) is 36.7 Å². The largest absolute Gasteiger partial charge is 0.383 e. The Kier molecular flexibility index (Phi) is 4.02. The molecule has 1 aromatic carbocycles. The lowest BCUT2D eigenvalue weighted by molar-refractivity contribution is 0.187. The summed E-state index contributed by atoms with van der Waals surface area (Å²) in [5, 5.41) is 3.58. The maximum Gasteiger partial charge on any atom is 0.203 e. The van der Waals surface area contributed by atoms with Crippen molar-refractivity contribution in [1.29, 1.82) is 0 Å². The van der Waals surface area contributed by atoms with Crippen LogP contribution in [0.25, 0.3) is 0 Å². The van der Waals surface area contributed by atoms with Crippen LogP contribution in [0.4, 0.5) is 5.95 Å².